The first-order valence-corrected chi connectivity index (χ1v) is 12.7. The number of thioether (sulfide) groups is 1. The monoisotopic (exact) mass is 334 g/mol. The molecule has 0 amide bonds. The van der Waals surface area contributed by atoms with Crippen LogP contribution in [0.25, 0.3) is 0 Å². The summed E-state index contributed by atoms with van der Waals surface area (Å²) < 4.78 is 12.1. The Bertz CT molecular complexity index is 207. The zero-order valence-corrected chi connectivity index (χ0v) is 16.7. The number of rotatable bonds is 16. The highest BCUT2D eigenvalue weighted by molar-refractivity contribution is 7.99. The van der Waals surface area contributed by atoms with Crippen molar-refractivity contribution in [2.45, 2.75) is 84.7 Å². The molecule has 0 aromatic carbocycles. The predicted molar refractivity (Wildman–Crippen MR) is 99.6 cm³/mol. The van der Waals surface area contributed by atoms with Crippen LogP contribution in [0.4, 0.5) is 0 Å². The second-order valence-electron chi connectivity index (χ2n) is 5.96. The topological polar surface area (TPSA) is 18.5 Å². The molecule has 0 fully saturated rings. The van der Waals surface area contributed by atoms with Gasteiger partial charge in [0.05, 0.1) is 0 Å². The molecule has 0 N–H and O–H groups in total. The third kappa shape index (κ3) is 13.8. The second kappa shape index (κ2) is 15.4. The van der Waals surface area contributed by atoms with Crippen LogP contribution in [0.5, 0.6) is 0 Å². The molecular weight excluding hydrogens is 296 g/mol. The highest BCUT2D eigenvalue weighted by atomic mass is 32.2. The van der Waals surface area contributed by atoms with Gasteiger partial charge in [-0.2, -0.15) is 11.8 Å². The molecule has 4 heteroatoms. The molecule has 2 nitrogen and oxygen atoms in total. The molecule has 21 heavy (non-hydrogen) atoms. The molecule has 0 atom stereocenters. The van der Waals surface area contributed by atoms with Crippen molar-refractivity contribution in [3.63, 3.8) is 0 Å². The van der Waals surface area contributed by atoms with E-state index in [1.54, 1.807) is 0 Å². The van der Waals surface area contributed by atoms with Gasteiger partial charge in [0.1, 0.15) is 0 Å². The zero-order valence-electron chi connectivity index (χ0n) is 14.9. The Kier molecular flexibility index (Phi) is 15.7. The zero-order chi connectivity index (χ0) is 15.8. The van der Waals surface area contributed by atoms with Crippen molar-refractivity contribution in [3.8, 4) is 0 Å². The third-order valence-corrected chi connectivity index (χ3v) is 7.58. The predicted octanol–water partition coefficient (Wildman–Crippen LogP) is 6.01. The van der Waals surface area contributed by atoms with E-state index in [-0.39, 0.29) is 0 Å². The Hall–Kier alpha value is 0.487. The van der Waals surface area contributed by atoms with Gasteiger partial charge in [-0.3, -0.25) is 0 Å². The van der Waals surface area contributed by atoms with Gasteiger partial charge in [-0.25, -0.2) is 0 Å². The molecule has 0 saturated heterocycles. The molecule has 0 saturated carbocycles. The van der Waals surface area contributed by atoms with Crippen molar-refractivity contribution >= 4 is 20.3 Å². The lowest BCUT2D eigenvalue weighted by molar-refractivity contribution is 0.173. The summed E-state index contributed by atoms with van der Waals surface area (Å²) >= 11 is 2.11. The van der Waals surface area contributed by atoms with Crippen molar-refractivity contribution in [2.75, 3.05) is 24.7 Å². The van der Waals surface area contributed by atoms with Crippen molar-refractivity contribution in [1.82, 2.24) is 0 Å². The van der Waals surface area contributed by atoms with Crippen molar-refractivity contribution < 1.29 is 8.85 Å². The summed E-state index contributed by atoms with van der Waals surface area (Å²) in [4.78, 5) is 0. The lowest BCUT2D eigenvalue weighted by Gasteiger charge is -2.26. The average molecular weight is 335 g/mol. The molecule has 0 aliphatic rings. The van der Waals surface area contributed by atoms with E-state index in [1.165, 1.54) is 50.0 Å². The SMILES string of the molecule is CCCCCCCSCCC[Si](C)(OCCC)OCCC. The van der Waals surface area contributed by atoms with E-state index in [0.717, 1.165) is 32.1 Å². The molecule has 0 aliphatic carbocycles. The fraction of sp³-hybridized carbons (Fsp3) is 1.00. The standard InChI is InChI=1S/C17H38O2SSi/c1-5-8-9-10-11-15-20-16-12-17-21(4,18-13-6-2)19-14-7-3/h5-17H2,1-4H3. The molecule has 0 rings (SSSR count). The minimum atomic E-state index is -1.89. The smallest absolute Gasteiger partial charge is 0.334 e. The summed E-state index contributed by atoms with van der Waals surface area (Å²) in [6.07, 6.45) is 10.4. The Morgan fingerprint density at radius 2 is 1.29 bits per heavy atom. The normalized spacial score (nSPS) is 12.0. The number of unbranched alkanes of at least 4 members (excludes halogenated alkanes) is 4. The van der Waals surface area contributed by atoms with Crippen molar-refractivity contribution in [2.24, 2.45) is 0 Å². The maximum Gasteiger partial charge on any atom is 0.334 e. The van der Waals surface area contributed by atoms with Crippen LogP contribution >= 0.6 is 11.8 Å². The van der Waals surface area contributed by atoms with Gasteiger partial charge in [0.15, 0.2) is 0 Å². The van der Waals surface area contributed by atoms with Gasteiger partial charge in [0.2, 0.25) is 0 Å². The van der Waals surface area contributed by atoms with E-state index in [9.17, 15) is 0 Å². The summed E-state index contributed by atoms with van der Waals surface area (Å²) in [7, 11) is -1.89. The van der Waals surface area contributed by atoms with E-state index in [0.29, 0.717) is 0 Å². The Labute approximate surface area is 139 Å². The molecule has 0 radical (unpaired) electrons. The highest BCUT2D eigenvalue weighted by Crippen LogP contribution is 2.19. The first-order valence-electron chi connectivity index (χ1n) is 9.04. The van der Waals surface area contributed by atoms with Crippen LogP contribution in [-0.2, 0) is 8.85 Å². The first-order chi connectivity index (χ1) is 10.2. The van der Waals surface area contributed by atoms with Gasteiger partial charge >= 0.3 is 8.56 Å². The first kappa shape index (κ1) is 21.5. The largest absolute Gasteiger partial charge is 0.394 e. The van der Waals surface area contributed by atoms with Crippen molar-refractivity contribution in [3.05, 3.63) is 0 Å². The highest BCUT2D eigenvalue weighted by Gasteiger charge is 2.30. The van der Waals surface area contributed by atoms with Crippen LogP contribution in [0.1, 0.15) is 72.1 Å². The van der Waals surface area contributed by atoms with E-state index in [2.05, 4.69) is 39.1 Å². The van der Waals surface area contributed by atoms with E-state index < -0.39 is 8.56 Å². The number of hydrogen-bond donors (Lipinski definition) is 0. The van der Waals surface area contributed by atoms with Crippen molar-refractivity contribution in [1.29, 1.82) is 0 Å². The lowest BCUT2D eigenvalue weighted by atomic mass is 10.2. The maximum atomic E-state index is 6.06. The average Bonchev–Trinajstić information content (AvgIpc) is 2.49. The second-order valence-corrected chi connectivity index (χ2v) is 10.5. The molecule has 0 bridgehead atoms. The molecule has 0 aromatic rings. The fourth-order valence-electron chi connectivity index (χ4n) is 2.23. The molecule has 0 heterocycles. The van der Waals surface area contributed by atoms with Gasteiger partial charge in [0, 0.05) is 13.2 Å². The van der Waals surface area contributed by atoms with Gasteiger partial charge in [-0.05, 0) is 49.8 Å². The minimum absolute atomic E-state index is 0.858. The van der Waals surface area contributed by atoms with Gasteiger partial charge < -0.3 is 8.85 Å². The van der Waals surface area contributed by atoms with Crippen LogP contribution < -0.4 is 0 Å². The molecule has 0 spiro atoms. The molecule has 128 valence electrons. The summed E-state index contributed by atoms with van der Waals surface area (Å²) in [5.74, 6) is 2.59. The summed E-state index contributed by atoms with van der Waals surface area (Å²) in [6.45, 7) is 10.6. The van der Waals surface area contributed by atoms with E-state index in [1.807, 2.05) is 0 Å². The lowest BCUT2D eigenvalue weighted by Crippen LogP contribution is -2.39. The van der Waals surface area contributed by atoms with Crippen LogP contribution in [-0.4, -0.2) is 33.3 Å². The van der Waals surface area contributed by atoms with Gasteiger partial charge in [-0.1, -0.05) is 46.5 Å². The third-order valence-electron chi connectivity index (χ3n) is 3.53. The Balaban J connectivity index is 3.62. The summed E-state index contributed by atoms with van der Waals surface area (Å²) in [5.41, 5.74) is 0. The Morgan fingerprint density at radius 3 is 1.86 bits per heavy atom. The quantitative estimate of drug-likeness (QED) is 0.254. The van der Waals surface area contributed by atoms with Crippen LogP contribution in [0, 0.1) is 0 Å². The molecular formula is C17H38O2SSi. The van der Waals surface area contributed by atoms with Crippen LogP contribution in [0.2, 0.25) is 12.6 Å². The van der Waals surface area contributed by atoms with Gasteiger partial charge in [0.25, 0.3) is 0 Å². The van der Waals surface area contributed by atoms with E-state index in [4.69, 9.17) is 8.85 Å². The molecule has 0 aromatic heterocycles. The molecule has 0 unspecified atom stereocenters. The van der Waals surface area contributed by atoms with Gasteiger partial charge in [-0.15, -0.1) is 0 Å². The summed E-state index contributed by atoms with van der Waals surface area (Å²) in [5, 5.41) is 0. The maximum absolute atomic E-state index is 6.06. The van der Waals surface area contributed by atoms with E-state index >= 15 is 0 Å². The van der Waals surface area contributed by atoms with Crippen LogP contribution in [0.15, 0.2) is 0 Å². The molecule has 0 aliphatic heterocycles. The Morgan fingerprint density at radius 1 is 0.714 bits per heavy atom. The van der Waals surface area contributed by atoms with Crippen LogP contribution in [0.3, 0.4) is 0 Å². The fourth-order valence-corrected chi connectivity index (χ4v) is 5.91. The summed E-state index contributed by atoms with van der Waals surface area (Å²) in [6, 6.07) is 1.15. The minimum Gasteiger partial charge on any atom is -0.394 e. The number of hydrogen-bond acceptors (Lipinski definition) is 3.